The first kappa shape index (κ1) is 17.5. The lowest BCUT2D eigenvalue weighted by Crippen LogP contribution is -1.96. The van der Waals surface area contributed by atoms with E-state index in [0.717, 1.165) is 11.1 Å². The molecule has 2 N–H and O–H groups in total. The largest absolute Gasteiger partial charge is 0.493 e. The lowest BCUT2D eigenvalue weighted by Gasteiger charge is -2.12. The Labute approximate surface area is 142 Å². The van der Waals surface area contributed by atoms with Crippen LogP contribution in [0.4, 0.5) is 5.69 Å². The summed E-state index contributed by atoms with van der Waals surface area (Å²) in [5, 5.41) is 0. The standard InChI is InChI=1S/C19H23NO4/c1-5-24-16-9-8-13(10-15(16)20)6-7-14-11-17(21-2)19(23-4)18(12-14)22-3/h6-12H,5,20H2,1-4H3/b7-6-. The van der Waals surface area contributed by atoms with Crippen LogP contribution in [0.3, 0.4) is 0 Å². The summed E-state index contributed by atoms with van der Waals surface area (Å²) in [6.45, 7) is 2.52. The monoisotopic (exact) mass is 329 g/mol. The van der Waals surface area contributed by atoms with Gasteiger partial charge in [0.25, 0.3) is 0 Å². The molecule has 0 atom stereocenters. The molecule has 2 aromatic carbocycles. The molecular formula is C19H23NO4. The first-order valence-electron chi connectivity index (χ1n) is 7.63. The summed E-state index contributed by atoms with van der Waals surface area (Å²) in [5.74, 6) is 2.50. The van der Waals surface area contributed by atoms with E-state index in [9.17, 15) is 0 Å². The number of methoxy groups -OCH3 is 3. The van der Waals surface area contributed by atoms with E-state index in [1.807, 2.05) is 49.4 Å². The maximum absolute atomic E-state index is 5.99. The molecule has 0 saturated heterocycles. The smallest absolute Gasteiger partial charge is 0.203 e. The van der Waals surface area contributed by atoms with Gasteiger partial charge in [0, 0.05) is 0 Å². The zero-order chi connectivity index (χ0) is 17.5. The Morgan fingerprint density at radius 1 is 0.833 bits per heavy atom. The van der Waals surface area contributed by atoms with Crippen LogP contribution in [-0.4, -0.2) is 27.9 Å². The van der Waals surface area contributed by atoms with E-state index < -0.39 is 0 Å². The molecule has 0 aliphatic carbocycles. The maximum Gasteiger partial charge on any atom is 0.203 e. The van der Waals surface area contributed by atoms with Crippen LogP contribution >= 0.6 is 0 Å². The second kappa shape index (κ2) is 8.15. The SMILES string of the molecule is CCOc1ccc(/C=C\c2cc(OC)c(OC)c(OC)c2)cc1N. The Morgan fingerprint density at radius 2 is 1.46 bits per heavy atom. The highest BCUT2D eigenvalue weighted by Crippen LogP contribution is 2.38. The Balaban J connectivity index is 2.30. The van der Waals surface area contributed by atoms with Crippen molar-refractivity contribution in [1.29, 1.82) is 0 Å². The van der Waals surface area contributed by atoms with Gasteiger partial charge in [0.1, 0.15) is 5.75 Å². The van der Waals surface area contributed by atoms with E-state index in [0.29, 0.717) is 35.3 Å². The average molecular weight is 329 g/mol. The van der Waals surface area contributed by atoms with Crippen molar-refractivity contribution in [3.05, 3.63) is 41.5 Å². The highest BCUT2D eigenvalue weighted by atomic mass is 16.5. The van der Waals surface area contributed by atoms with Gasteiger partial charge >= 0.3 is 0 Å². The van der Waals surface area contributed by atoms with Crippen LogP contribution in [0, 0.1) is 0 Å². The summed E-state index contributed by atoms with van der Waals surface area (Å²) < 4.78 is 21.5. The van der Waals surface area contributed by atoms with Crippen molar-refractivity contribution in [3.63, 3.8) is 0 Å². The van der Waals surface area contributed by atoms with E-state index in [1.165, 1.54) is 0 Å². The number of rotatable bonds is 7. The van der Waals surface area contributed by atoms with Gasteiger partial charge in [0.15, 0.2) is 11.5 Å². The number of anilines is 1. The number of nitrogen functional groups attached to an aromatic ring is 1. The fraction of sp³-hybridized carbons (Fsp3) is 0.263. The second-order valence-corrected chi connectivity index (χ2v) is 5.02. The van der Waals surface area contributed by atoms with Crippen LogP contribution < -0.4 is 24.7 Å². The molecule has 2 rings (SSSR count). The Hall–Kier alpha value is -2.82. The van der Waals surface area contributed by atoms with Gasteiger partial charge in [-0.2, -0.15) is 0 Å². The maximum atomic E-state index is 5.99. The van der Waals surface area contributed by atoms with Crippen LogP contribution in [0.25, 0.3) is 12.2 Å². The van der Waals surface area contributed by atoms with Crippen molar-refractivity contribution < 1.29 is 18.9 Å². The average Bonchev–Trinajstić information content (AvgIpc) is 2.61. The third-order valence-electron chi connectivity index (χ3n) is 3.49. The summed E-state index contributed by atoms with van der Waals surface area (Å²) >= 11 is 0. The molecule has 24 heavy (non-hydrogen) atoms. The molecule has 0 aliphatic rings. The van der Waals surface area contributed by atoms with Crippen molar-refractivity contribution in [2.24, 2.45) is 0 Å². The van der Waals surface area contributed by atoms with E-state index >= 15 is 0 Å². The molecular weight excluding hydrogens is 306 g/mol. The molecule has 0 spiro atoms. The minimum absolute atomic E-state index is 0.572. The summed E-state index contributed by atoms with van der Waals surface area (Å²) in [6, 6.07) is 9.47. The van der Waals surface area contributed by atoms with Gasteiger partial charge in [-0.15, -0.1) is 0 Å². The van der Waals surface area contributed by atoms with E-state index in [1.54, 1.807) is 21.3 Å². The predicted molar refractivity (Wildman–Crippen MR) is 97.0 cm³/mol. The summed E-state index contributed by atoms with van der Waals surface area (Å²) in [5.41, 5.74) is 8.51. The zero-order valence-corrected chi connectivity index (χ0v) is 14.5. The Morgan fingerprint density at radius 3 is 1.96 bits per heavy atom. The van der Waals surface area contributed by atoms with E-state index in [-0.39, 0.29) is 0 Å². The molecule has 0 bridgehead atoms. The van der Waals surface area contributed by atoms with Gasteiger partial charge in [0.2, 0.25) is 5.75 Å². The van der Waals surface area contributed by atoms with Gasteiger partial charge in [-0.25, -0.2) is 0 Å². The van der Waals surface area contributed by atoms with E-state index in [4.69, 9.17) is 24.7 Å². The quantitative estimate of drug-likeness (QED) is 0.617. The minimum atomic E-state index is 0.572. The van der Waals surface area contributed by atoms with Gasteiger partial charge in [0.05, 0.1) is 33.6 Å². The van der Waals surface area contributed by atoms with Crippen molar-refractivity contribution in [2.45, 2.75) is 6.92 Å². The summed E-state index contributed by atoms with van der Waals surface area (Å²) in [4.78, 5) is 0. The van der Waals surface area contributed by atoms with E-state index in [2.05, 4.69) is 0 Å². The molecule has 2 aromatic rings. The summed E-state index contributed by atoms with van der Waals surface area (Å²) in [7, 11) is 4.77. The summed E-state index contributed by atoms with van der Waals surface area (Å²) in [6.07, 6.45) is 3.92. The lowest BCUT2D eigenvalue weighted by molar-refractivity contribution is 0.324. The van der Waals surface area contributed by atoms with Gasteiger partial charge in [-0.1, -0.05) is 18.2 Å². The molecule has 0 heterocycles. The number of nitrogens with two attached hydrogens (primary N) is 1. The van der Waals surface area contributed by atoms with Crippen LogP contribution in [0.2, 0.25) is 0 Å². The molecule has 128 valence electrons. The molecule has 0 saturated carbocycles. The number of hydrogen-bond acceptors (Lipinski definition) is 5. The molecule has 0 radical (unpaired) electrons. The normalized spacial score (nSPS) is 10.7. The third kappa shape index (κ3) is 3.93. The van der Waals surface area contributed by atoms with Crippen molar-refractivity contribution in [2.75, 3.05) is 33.7 Å². The molecule has 5 nitrogen and oxygen atoms in total. The zero-order valence-electron chi connectivity index (χ0n) is 14.5. The fourth-order valence-corrected chi connectivity index (χ4v) is 2.35. The molecule has 0 aliphatic heterocycles. The molecule has 5 heteroatoms. The van der Waals surface area contributed by atoms with Crippen molar-refractivity contribution in [3.8, 4) is 23.0 Å². The Kier molecular flexibility index (Phi) is 5.95. The molecule has 0 fully saturated rings. The van der Waals surface area contributed by atoms with Gasteiger partial charge in [-0.05, 0) is 42.3 Å². The highest BCUT2D eigenvalue weighted by Gasteiger charge is 2.12. The highest BCUT2D eigenvalue weighted by molar-refractivity contribution is 5.74. The predicted octanol–water partition coefficient (Wildman–Crippen LogP) is 3.86. The lowest BCUT2D eigenvalue weighted by atomic mass is 10.1. The number of hydrogen-bond donors (Lipinski definition) is 1. The second-order valence-electron chi connectivity index (χ2n) is 5.02. The number of benzene rings is 2. The number of ether oxygens (including phenoxy) is 4. The Bertz CT molecular complexity index is 700. The molecule has 0 aromatic heterocycles. The minimum Gasteiger partial charge on any atom is -0.493 e. The van der Waals surface area contributed by atoms with Gasteiger partial charge in [-0.3, -0.25) is 0 Å². The molecule has 0 amide bonds. The van der Waals surface area contributed by atoms with Crippen LogP contribution in [-0.2, 0) is 0 Å². The topological polar surface area (TPSA) is 62.9 Å². The molecule has 0 unspecified atom stereocenters. The van der Waals surface area contributed by atoms with Crippen LogP contribution in [0.1, 0.15) is 18.1 Å². The van der Waals surface area contributed by atoms with Crippen LogP contribution in [0.15, 0.2) is 30.3 Å². The van der Waals surface area contributed by atoms with Crippen molar-refractivity contribution >= 4 is 17.8 Å². The van der Waals surface area contributed by atoms with Crippen molar-refractivity contribution in [1.82, 2.24) is 0 Å². The first-order valence-corrected chi connectivity index (χ1v) is 7.63. The van der Waals surface area contributed by atoms with Crippen LogP contribution in [0.5, 0.6) is 23.0 Å². The fourth-order valence-electron chi connectivity index (χ4n) is 2.35. The third-order valence-corrected chi connectivity index (χ3v) is 3.49. The first-order chi connectivity index (χ1) is 11.6. The van der Waals surface area contributed by atoms with Gasteiger partial charge < -0.3 is 24.7 Å².